The van der Waals surface area contributed by atoms with Crippen LogP contribution in [0.25, 0.3) is 0 Å². The summed E-state index contributed by atoms with van der Waals surface area (Å²) >= 11 is 1.63. The van der Waals surface area contributed by atoms with Gasteiger partial charge in [-0.25, -0.2) is 9.71 Å². The fourth-order valence-electron chi connectivity index (χ4n) is 2.41. The summed E-state index contributed by atoms with van der Waals surface area (Å²) in [5.41, 5.74) is 1.12. The zero-order valence-corrected chi connectivity index (χ0v) is 14.9. The molecule has 0 unspecified atom stereocenters. The first kappa shape index (κ1) is 17.8. The fraction of sp³-hybridized carbons (Fsp3) is 0.786. The van der Waals surface area contributed by atoms with E-state index in [2.05, 4.69) is 9.71 Å². The van der Waals surface area contributed by atoms with Crippen molar-refractivity contribution in [3.63, 3.8) is 0 Å². The number of nitrogens with zero attached hydrogens (tertiary/aromatic N) is 2. The second-order valence-electron chi connectivity index (χ2n) is 5.33. The highest BCUT2D eigenvalue weighted by atomic mass is 32.2. The van der Waals surface area contributed by atoms with E-state index in [1.54, 1.807) is 11.3 Å². The molecule has 22 heavy (non-hydrogen) atoms. The minimum Gasteiger partial charge on any atom is -0.375 e. The van der Waals surface area contributed by atoms with Crippen LogP contribution in [-0.2, 0) is 34.4 Å². The Morgan fingerprint density at radius 2 is 2.05 bits per heavy atom. The molecule has 126 valence electrons. The molecule has 1 aliphatic rings. The van der Waals surface area contributed by atoms with Crippen molar-refractivity contribution in [1.29, 1.82) is 0 Å². The predicted molar refractivity (Wildman–Crippen MR) is 88.3 cm³/mol. The predicted octanol–water partition coefficient (Wildman–Crippen LogP) is 1.71. The van der Waals surface area contributed by atoms with Crippen molar-refractivity contribution >= 4 is 21.5 Å². The van der Waals surface area contributed by atoms with E-state index in [-0.39, 0.29) is 0 Å². The lowest BCUT2D eigenvalue weighted by Gasteiger charge is -2.21. The second kappa shape index (κ2) is 8.35. The van der Waals surface area contributed by atoms with Crippen LogP contribution in [0, 0.1) is 0 Å². The highest BCUT2D eigenvalue weighted by molar-refractivity contribution is 7.87. The molecule has 0 aliphatic carbocycles. The van der Waals surface area contributed by atoms with E-state index < -0.39 is 10.2 Å². The Hall–Kier alpha value is -0.540. The van der Waals surface area contributed by atoms with Gasteiger partial charge in [0.15, 0.2) is 0 Å². The molecule has 2 rings (SSSR count). The summed E-state index contributed by atoms with van der Waals surface area (Å²) in [5.74, 6) is 0. The summed E-state index contributed by atoms with van der Waals surface area (Å²) in [4.78, 5) is 5.76. The number of thiazole rings is 1. The normalized spacial score (nSPS) is 15.2. The average Bonchev–Trinajstić information content (AvgIpc) is 2.89. The Kier molecular flexibility index (Phi) is 6.76. The number of rotatable bonds is 9. The summed E-state index contributed by atoms with van der Waals surface area (Å²) in [7, 11) is -3.38. The van der Waals surface area contributed by atoms with Gasteiger partial charge in [-0.3, -0.25) is 0 Å². The SMILES string of the molecule is CCCN(CCC)S(=O)(=O)NCCc1nc2c(s1)COCC2. The molecule has 1 aromatic heterocycles. The zero-order chi connectivity index (χ0) is 16.0. The standard InChI is InChI=1S/C14H25N3O3S2/c1-3-8-17(9-4-2)22(18,19)15-7-5-14-16-12-6-10-20-11-13(12)21-14/h15H,3-11H2,1-2H3. The summed E-state index contributed by atoms with van der Waals surface area (Å²) in [5, 5.41) is 0.982. The van der Waals surface area contributed by atoms with Crippen molar-refractivity contribution in [1.82, 2.24) is 14.0 Å². The fourth-order valence-corrected chi connectivity index (χ4v) is 4.86. The molecule has 0 aromatic carbocycles. The van der Waals surface area contributed by atoms with E-state index in [9.17, 15) is 8.42 Å². The third kappa shape index (κ3) is 4.73. The van der Waals surface area contributed by atoms with Gasteiger partial charge in [-0.15, -0.1) is 11.3 Å². The third-order valence-corrected chi connectivity index (χ3v) is 6.19. The molecule has 0 bridgehead atoms. The smallest absolute Gasteiger partial charge is 0.279 e. The highest BCUT2D eigenvalue weighted by Crippen LogP contribution is 2.23. The summed E-state index contributed by atoms with van der Waals surface area (Å²) < 4.78 is 34.2. The van der Waals surface area contributed by atoms with Crippen molar-refractivity contribution < 1.29 is 13.2 Å². The number of hydrogen-bond acceptors (Lipinski definition) is 5. The van der Waals surface area contributed by atoms with Crippen LogP contribution in [0.2, 0.25) is 0 Å². The summed E-state index contributed by atoms with van der Waals surface area (Å²) in [6.45, 7) is 6.85. The molecule has 8 heteroatoms. The molecule has 1 aliphatic heterocycles. The molecular formula is C14H25N3O3S2. The Morgan fingerprint density at radius 3 is 2.68 bits per heavy atom. The molecule has 2 heterocycles. The second-order valence-corrected chi connectivity index (χ2v) is 8.25. The van der Waals surface area contributed by atoms with Gasteiger partial charge in [0.1, 0.15) is 0 Å². The van der Waals surface area contributed by atoms with Gasteiger partial charge in [0.2, 0.25) is 0 Å². The Balaban J connectivity index is 1.87. The largest absolute Gasteiger partial charge is 0.375 e. The van der Waals surface area contributed by atoms with Crippen LogP contribution in [0.5, 0.6) is 0 Å². The molecule has 6 nitrogen and oxygen atoms in total. The van der Waals surface area contributed by atoms with Gasteiger partial charge in [-0.05, 0) is 12.8 Å². The molecule has 0 amide bonds. The lowest BCUT2D eigenvalue weighted by molar-refractivity contribution is 0.112. The van der Waals surface area contributed by atoms with E-state index in [1.807, 2.05) is 13.8 Å². The quantitative estimate of drug-likeness (QED) is 0.738. The first-order chi connectivity index (χ1) is 10.6. The first-order valence-corrected chi connectivity index (χ1v) is 10.1. The Bertz CT molecular complexity index is 542. The topological polar surface area (TPSA) is 71.5 Å². The number of fused-ring (bicyclic) bond motifs is 1. The van der Waals surface area contributed by atoms with Gasteiger partial charge in [0.05, 0.1) is 28.8 Å². The van der Waals surface area contributed by atoms with E-state index >= 15 is 0 Å². The van der Waals surface area contributed by atoms with Crippen molar-refractivity contribution in [2.45, 2.75) is 46.1 Å². The number of ether oxygens (including phenoxy) is 1. The summed E-state index contributed by atoms with van der Waals surface area (Å²) in [6.07, 6.45) is 3.13. The molecule has 0 atom stereocenters. The maximum Gasteiger partial charge on any atom is 0.279 e. The molecule has 1 aromatic rings. The van der Waals surface area contributed by atoms with Crippen molar-refractivity contribution in [2.24, 2.45) is 0 Å². The van der Waals surface area contributed by atoms with E-state index in [4.69, 9.17) is 4.74 Å². The number of hydrogen-bond donors (Lipinski definition) is 1. The number of aromatic nitrogens is 1. The van der Waals surface area contributed by atoms with Crippen LogP contribution in [0.1, 0.15) is 42.3 Å². The van der Waals surface area contributed by atoms with Crippen molar-refractivity contribution in [3.05, 3.63) is 15.6 Å². The molecule has 0 fully saturated rings. The van der Waals surface area contributed by atoms with Crippen LogP contribution in [-0.4, -0.2) is 43.9 Å². The van der Waals surface area contributed by atoms with Gasteiger partial charge >= 0.3 is 0 Å². The zero-order valence-electron chi connectivity index (χ0n) is 13.3. The van der Waals surface area contributed by atoms with Crippen LogP contribution < -0.4 is 4.72 Å². The molecule has 1 N–H and O–H groups in total. The van der Waals surface area contributed by atoms with Gasteiger partial charge in [0, 0.05) is 32.5 Å². The average molecular weight is 348 g/mol. The Labute approximate surface area is 137 Å². The van der Waals surface area contributed by atoms with Gasteiger partial charge in [0.25, 0.3) is 10.2 Å². The molecular weight excluding hydrogens is 322 g/mol. The van der Waals surface area contributed by atoms with E-state index in [0.717, 1.165) is 36.6 Å². The summed E-state index contributed by atoms with van der Waals surface area (Å²) in [6, 6.07) is 0. The van der Waals surface area contributed by atoms with Crippen LogP contribution in [0.4, 0.5) is 0 Å². The molecule has 0 saturated heterocycles. The number of nitrogens with one attached hydrogen (secondary N) is 1. The lowest BCUT2D eigenvalue weighted by atomic mass is 10.2. The maximum atomic E-state index is 12.3. The maximum absolute atomic E-state index is 12.3. The molecule has 0 saturated carbocycles. The van der Waals surface area contributed by atoms with Crippen LogP contribution >= 0.6 is 11.3 Å². The minimum atomic E-state index is -3.38. The van der Waals surface area contributed by atoms with Gasteiger partial charge in [-0.2, -0.15) is 12.7 Å². The monoisotopic (exact) mass is 347 g/mol. The molecule has 0 radical (unpaired) electrons. The lowest BCUT2D eigenvalue weighted by Crippen LogP contribution is -2.42. The van der Waals surface area contributed by atoms with Crippen LogP contribution in [0.15, 0.2) is 0 Å². The minimum absolute atomic E-state index is 0.388. The highest BCUT2D eigenvalue weighted by Gasteiger charge is 2.20. The molecule has 0 spiro atoms. The van der Waals surface area contributed by atoms with Crippen molar-refractivity contribution in [3.8, 4) is 0 Å². The third-order valence-electron chi connectivity index (χ3n) is 3.45. The van der Waals surface area contributed by atoms with Gasteiger partial charge in [-0.1, -0.05) is 13.8 Å². The van der Waals surface area contributed by atoms with Gasteiger partial charge < -0.3 is 4.74 Å². The van der Waals surface area contributed by atoms with E-state index in [1.165, 1.54) is 9.18 Å². The Morgan fingerprint density at radius 1 is 1.32 bits per heavy atom. The van der Waals surface area contributed by atoms with Crippen molar-refractivity contribution in [2.75, 3.05) is 26.2 Å². The van der Waals surface area contributed by atoms with E-state index in [0.29, 0.717) is 32.7 Å². The van der Waals surface area contributed by atoms with Crippen LogP contribution in [0.3, 0.4) is 0 Å². The first-order valence-electron chi connectivity index (χ1n) is 7.86.